The molecule has 1 fully saturated rings. The molecule has 3 aromatic rings. The highest BCUT2D eigenvalue weighted by molar-refractivity contribution is 7.17. The van der Waals surface area contributed by atoms with Gasteiger partial charge < -0.3 is 10.2 Å². The smallest absolute Gasteiger partial charge is 0.352 e. The molecule has 10 heteroatoms. The van der Waals surface area contributed by atoms with Crippen LogP contribution in [0.25, 0.3) is 10.6 Å². The van der Waals surface area contributed by atoms with Gasteiger partial charge in [-0.3, -0.25) is 14.6 Å². The highest BCUT2D eigenvalue weighted by Gasteiger charge is 2.31. The number of likely N-dealkylation sites (tertiary alicyclic amines) is 1. The largest absolute Gasteiger partial charge is 0.416 e. The fourth-order valence-corrected chi connectivity index (χ4v) is 4.88. The van der Waals surface area contributed by atoms with Gasteiger partial charge in [0.2, 0.25) is 5.91 Å². The number of hydrogen-bond acceptors (Lipinski definition) is 5. The molecule has 3 heterocycles. The first-order chi connectivity index (χ1) is 16.2. The van der Waals surface area contributed by atoms with E-state index >= 15 is 0 Å². The van der Waals surface area contributed by atoms with Gasteiger partial charge in [-0.1, -0.05) is 18.2 Å². The van der Waals surface area contributed by atoms with Crippen LogP contribution in [0.3, 0.4) is 0 Å². The molecule has 1 saturated heterocycles. The lowest BCUT2D eigenvalue weighted by molar-refractivity contribution is -0.137. The first kappa shape index (κ1) is 23.9. The molecular formula is C24H23F3N4O2S. The second-order valence-corrected chi connectivity index (χ2v) is 9.15. The molecule has 6 nitrogen and oxygen atoms in total. The number of aromatic nitrogens is 2. The number of pyridine rings is 1. The molecule has 4 rings (SSSR count). The summed E-state index contributed by atoms with van der Waals surface area (Å²) in [4.78, 5) is 36.2. The normalized spacial score (nSPS) is 14.8. The molecule has 34 heavy (non-hydrogen) atoms. The molecule has 1 aromatic carbocycles. The molecule has 0 radical (unpaired) electrons. The predicted molar refractivity (Wildman–Crippen MR) is 122 cm³/mol. The van der Waals surface area contributed by atoms with E-state index in [0.717, 1.165) is 17.7 Å². The molecule has 1 N–H and O–H groups in total. The number of thiazole rings is 1. The summed E-state index contributed by atoms with van der Waals surface area (Å²) < 4.78 is 38.4. The first-order valence-electron chi connectivity index (χ1n) is 10.8. The number of benzene rings is 1. The van der Waals surface area contributed by atoms with Crippen LogP contribution in [0.1, 0.15) is 39.3 Å². The Morgan fingerprint density at radius 1 is 1.15 bits per heavy atom. The van der Waals surface area contributed by atoms with Crippen molar-refractivity contribution in [2.45, 2.75) is 32.5 Å². The fraction of sp³-hybridized carbons (Fsp3) is 0.333. The van der Waals surface area contributed by atoms with Gasteiger partial charge in [0.25, 0.3) is 5.91 Å². The summed E-state index contributed by atoms with van der Waals surface area (Å²) in [6.07, 6.45) is 0.107. The van der Waals surface area contributed by atoms with Crippen molar-refractivity contribution in [3.8, 4) is 10.6 Å². The van der Waals surface area contributed by atoms with E-state index in [1.165, 1.54) is 23.5 Å². The summed E-state index contributed by atoms with van der Waals surface area (Å²) in [5.74, 6) is -0.358. The number of nitrogens with zero attached hydrogens (tertiary/aromatic N) is 3. The Kier molecular flexibility index (Phi) is 6.97. The maximum atomic E-state index is 13.1. The van der Waals surface area contributed by atoms with Gasteiger partial charge in [-0.25, -0.2) is 4.98 Å². The number of amides is 2. The van der Waals surface area contributed by atoms with Crippen molar-refractivity contribution in [3.63, 3.8) is 0 Å². The number of nitrogens with one attached hydrogen (secondary N) is 1. The Bertz CT molecular complexity index is 1160. The molecule has 1 aliphatic rings. The third kappa shape index (κ3) is 5.44. The molecular weight excluding hydrogens is 465 g/mol. The molecule has 0 unspecified atom stereocenters. The first-order valence-corrected chi connectivity index (χ1v) is 11.6. The minimum Gasteiger partial charge on any atom is -0.352 e. The summed E-state index contributed by atoms with van der Waals surface area (Å²) in [6, 6.07) is 8.46. The number of halogens is 3. The Morgan fingerprint density at radius 3 is 2.47 bits per heavy atom. The summed E-state index contributed by atoms with van der Waals surface area (Å²) in [5, 5.41) is 3.43. The van der Waals surface area contributed by atoms with Crippen LogP contribution >= 0.6 is 11.3 Å². The molecule has 2 amide bonds. The van der Waals surface area contributed by atoms with Gasteiger partial charge in [-0.15, -0.1) is 11.3 Å². The molecule has 0 spiro atoms. The monoisotopic (exact) mass is 488 g/mol. The van der Waals surface area contributed by atoms with Crippen LogP contribution in [0.5, 0.6) is 0 Å². The number of aryl methyl sites for hydroxylation is 1. The summed E-state index contributed by atoms with van der Waals surface area (Å²) in [7, 11) is 0. The van der Waals surface area contributed by atoms with Gasteiger partial charge in [-0.05, 0) is 43.5 Å². The Hall–Kier alpha value is -3.27. The van der Waals surface area contributed by atoms with Gasteiger partial charge >= 0.3 is 6.18 Å². The van der Waals surface area contributed by atoms with Crippen LogP contribution in [0.4, 0.5) is 13.2 Å². The number of alkyl halides is 3. The molecule has 0 atom stereocenters. The zero-order chi connectivity index (χ0) is 24.3. The van der Waals surface area contributed by atoms with E-state index in [2.05, 4.69) is 15.3 Å². The van der Waals surface area contributed by atoms with Crippen molar-refractivity contribution >= 4 is 23.2 Å². The summed E-state index contributed by atoms with van der Waals surface area (Å²) in [6.45, 7) is 3.04. The van der Waals surface area contributed by atoms with Crippen molar-refractivity contribution in [1.82, 2.24) is 20.2 Å². The van der Waals surface area contributed by atoms with E-state index in [1.54, 1.807) is 24.2 Å². The van der Waals surface area contributed by atoms with E-state index in [-0.39, 0.29) is 17.7 Å². The lowest BCUT2D eigenvalue weighted by Crippen LogP contribution is -2.42. The van der Waals surface area contributed by atoms with Crippen molar-refractivity contribution in [2.75, 3.05) is 13.1 Å². The van der Waals surface area contributed by atoms with Crippen molar-refractivity contribution in [2.24, 2.45) is 5.92 Å². The topological polar surface area (TPSA) is 75.2 Å². The van der Waals surface area contributed by atoms with E-state index in [1.807, 2.05) is 12.1 Å². The van der Waals surface area contributed by atoms with Gasteiger partial charge in [0.15, 0.2) is 0 Å². The van der Waals surface area contributed by atoms with Crippen LogP contribution in [0.2, 0.25) is 0 Å². The summed E-state index contributed by atoms with van der Waals surface area (Å²) >= 11 is 1.17. The lowest BCUT2D eigenvalue weighted by Gasteiger charge is -2.31. The second kappa shape index (κ2) is 9.92. The van der Waals surface area contributed by atoms with Crippen molar-refractivity contribution in [3.05, 3.63) is 70.5 Å². The van der Waals surface area contributed by atoms with Crippen LogP contribution in [0, 0.1) is 12.8 Å². The van der Waals surface area contributed by atoms with Gasteiger partial charge in [0.1, 0.15) is 9.88 Å². The van der Waals surface area contributed by atoms with Crippen molar-refractivity contribution in [1.29, 1.82) is 0 Å². The highest BCUT2D eigenvalue weighted by Crippen LogP contribution is 2.33. The van der Waals surface area contributed by atoms with Gasteiger partial charge in [0, 0.05) is 43.5 Å². The van der Waals surface area contributed by atoms with Crippen LogP contribution < -0.4 is 5.32 Å². The van der Waals surface area contributed by atoms with E-state index < -0.39 is 11.7 Å². The molecule has 178 valence electrons. The maximum absolute atomic E-state index is 13.1. The molecule has 0 saturated carbocycles. The minimum absolute atomic E-state index is 0.0329. The average Bonchev–Trinajstić information content (AvgIpc) is 3.24. The molecule has 1 aliphatic heterocycles. The van der Waals surface area contributed by atoms with Crippen molar-refractivity contribution < 1.29 is 22.8 Å². The van der Waals surface area contributed by atoms with E-state index in [9.17, 15) is 22.8 Å². The van der Waals surface area contributed by atoms with E-state index in [4.69, 9.17) is 0 Å². The second-order valence-electron chi connectivity index (χ2n) is 8.15. The standard InChI is InChI=1S/C24H23F3N4O2S/c1-15-20(34-22(30-15)18-4-6-19(7-5-18)24(25,26)27)23(33)31-11-8-17(9-12-31)21(32)29-14-16-3-2-10-28-13-16/h2-7,10,13,17H,8-9,11-12,14H2,1H3,(H,29,32). The number of piperidine rings is 1. The van der Waals surface area contributed by atoms with Crippen LogP contribution in [-0.4, -0.2) is 39.8 Å². The number of hydrogen-bond donors (Lipinski definition) is 1. The van der Waals surface area contributed by atoms with Gasteiger partial charge in [-0.2, -0.15) is 13.2 Å². The highest BCUT2D eigenvalue weighted by atomic mass is 32.1. The molecule has 0 aliphatic carbocycles. The van der Waals surface area contributed by atoms with E-state index in [0.29, 0.717) is 53.6 Å². The van der Waals surface area contributed by atoms with Crippen LogP contribution in [0.15, 0.2) is 48.8 Å². The molecule has 2 aromatic heterocycles. The maximum Gasteiger partial charge on any atom is 0.416 e. The Morgan fingerprint density at radius 2 is 1.85 bits per heavy atom. The predicted octanol–water partition coefficient (Wildman–Crippen LogP) is 4.70. The van der Waals surface area contributed by atoms with Crippen LogP contribution in [-0.2, 0) is 17.5 Å². The average molecular weight is 489 g/mol. The number of rotatable bonds is 5. The SMILES string of the molecule is Cc1nc(-c2ccc(C(F)(F)F)cc2)sc1C(=O)N1CCC(C(=O)NCc2cccnc2)CC1. The lowest BCUT2D eigenvalue weighted by atomic mass is 9.95. The minimum atomic E-state index is -4.40. The molecule has 0 bridgehead atoms. The summed E-state index contributed by atoms with van der Waals surface area (Å²) in [5.41, 5.74) is 1.27. The fourth-order valence-electron chi connectivity index (χ4n) is 3.84. The number of carbonyl (C=O) groups is 2. The Labute approximate surface area is 198 Å². The zero-order valence-electron chi connectivity index (χ0n) is 18.4. The third-order valence-electron chi connectivity index (χ3n) is 5.79. The zero-order valence-corrected chi connectivity index (χ0v) is 19.2. The number of carbonyl (C=O) groups excluding carboxylic acids is 2. The quantitative estimate of drug-likeness (QED) is 0.565. The third-order valence-corrected chi connectivity index (χ3v) is 6.99. The Balaban J connectivity index is 1.35. The van der Waals surface area contributed by atoms with Gasteiger partial charge in [0.05, 0.1) is 11.3 Å².